The SMILES string of the molecule is CC(C)=C1CC[C@H](C)C[C@H]1CC(=O)Oc1ccc([N+](=O)[O-])cc1. The van der Waals surface area contributed by atoms with Crippen molar-refractivity contribution in [2.24, 2.45) is 11.8 Å². The van der Waals surface area contributed by atoms with Gasteiger partial charge >= 0.3 is 5.97 Å². The second-order valence-corrected chi connectivity index (χ2v) is 6.53. The Labute approximate surface area is 136 Å². The van der Waals surface area contributed by atoms with E-state index < -0.39 is 4.92 Å². The first-order chi connectivity index (χ1) is 10.9. The van der Waals surface area contributed by atoms with Crippen LogP contribution in [-0.2, 0) is 4.79 Å². The third-order valence-corrected chi connectivity index (χ3v) is 4.42. The zero-order valence-corrected chi connectivity index (χ0v) is 13.9. The zero-order valence-electron chi connectivity index (χ0n) is 13.9. The Morgan fingerprint density at radius 1 is 1.30 bits per heavy atom. The molecule has 0 bridgehead atoms. The molecule has 1 aliphatic rings. The molecule has 1 saturated carbocycles. The number of allylic oxidation sites excluding steroid dienone is 2. The van der Waals surface area contributed by atoms with Crippen molar-refractivity contribution in [3.63, 3.8) is 0 Å². The van der Waals surface area contributed by atoms with Crippen molar-refractivity contribution in [2.45, 2.75) is 46.5 Å². The summed E-state index contributed by atoms with van der Waals surface area (Å²) in [4.78, 5) is 22.3. The number of esters is 1. The second kappa shape index (κ2) is 7.40. The molecule has 0 N–H and O–H groups in total. The molecule has 0 aromatic heterocycles. The summed E-state index contributed by atoms with van der Waals surface area (Å²) in [6, 6.07) is 5.60. The molecule has 23 heavy (non-hydrogen) atoms. The van der Waals surface area contributed by atoms with Gasteiger partial charge in [-0.25, -0.2) is 0 Å². The zero-order chi connectivity index (χ0) is 17.0. The number of non-ortho nitro benzene ring substituents is 1. The summed E-state index contributed by atoms with van der Waals surface area (Å²) in [7, 11) is 0. The number of hydrogen-bond acceptors (Lipinski definition) is 4. The average molecular weight is 317 g/mol. The van der Waals surface area contributed by atoms with Crippen molar-refractivity contribution in [1.29, 1.82) is 0 Å². The van der Waals surface area contributed by atoms with E-state index in [2.05, 4.69) is 20.8 Å². The molecule has 1 aromatic carbocycles. The molecule has 1 fully saturated rings. The molecule has 2 atom stereocenters. The number of carbonyl (C=O) groups is 1. The fourth-order valence-corrected chi connectivity index (χ4v) is 3.23. The number of rotatable bonds is 4. The Hall–Kier alpha value is -2.17. The first kappa shape index (κ1) is 17.2. The quantitative estimate of drug-likeness (QED) is 0.266. The highest BCUT2D eigenvalue weighted by Crippen LogP contribution is 2.37. The minimum atomic E-state index is -0.476. The van der Waals surface area contributed by atoms with E-state index in [9.17, 15) is 14.9 Å². The molecule has 5 heteroatoms. The maximum absolute atomic E-state index is 12.2. The van der Waals surface area contributed by atoms with Crippen LogP contribution in [0.15, 0.2) is 35.4 Å². The van der Waals surface area contributed by atoms with Gasteiger partial charge in [-0.15, -0.1) is 0 Å². The van der Waals surface area contributed by atoms with Crippen molar-refractivity contribution in [3.05, 3.63) is 45.5 Å². The molecule has 0 amide bonds. The summed E-state index contributed by atoms with van der Waals surface area (Å²) in [5.41, 5.74) is 2.66. The van der Waals surface area contributed by atoms with Crippen molar-refractivity contribution < 1.29 is 14.5 Å². The number of hydrogen-bond donors (Lipinski definition) is 0. The molecule has 2 rings (SSSR count). The van der Waals surface area contributed by atoms with E-state index in [0.29, 0.717) is 18.1 Å². The van der Waals surface area contributed by atoms with Gasteiger partial charge in [-0.3, -0.25) is 14.9 Å². The minimum Gasteiger partial charge on any atom is -0.427 e. The molecule has 0 radical (unpaired) electrons. The lowest BCUT2D eigenvalue weighted by Gasteiger charge is -2.30. The lowest BCUT2D eigenvalue weighted by Crippen LogP contribution is -2.22. The van der Waals surface area contributed by atoms with Crippen LogP contribution in [0.5, 0.6) is 5.75 Å². The van der Waals surface area contributed by atoms with E-state index in [1.54, 1.807) is 0 Å². The Morgan fingerprint density at radius 3 is 2.52 bits per heavy atom. The van der Waals surface area contributed by atoms with Gasteiger partial charge in [0.15, 0.2) is 0 Å². The van der Waals surface area contributed by atoms with Gasteiger partial charge in [0.1, 0.15) is 5.75 Å². The van der Waals surface area contributed by atoms with Crippen LogP contribution in [0.3, 0.4) is 0 Å². The third-order valence-electron chi connectivity index (χ3n) is 4.42. The van der Waals surface area contributed by atoms with Gasteiger partial charge < -0.3 is 4.74 Å². The lowest BCUT2D eigenvalue weighted by molar-refractivity contribution is -0.384. The van der Waals surface area contributed by atoms with E-state index in [1.165, 1.54) is 41.8 Å². The normalized spacial score (nSPS) is 20.9. The Morgan fingerprint density at radius 2 is 1.96 bits per heavy atom. The van der Waals surface area contributed by atoms with Crippen LogP contribution in [0.4, 0.5) is 5.69 Å². The van der Waals surface area contributed by atoms with Crippen LogP contribution in [0.2, 0.25) is 0 Å². The monoisotopic (exact) mass is 317 g/mol. The summed E-state index contributed by atoms with van der Waals surface area (Å²) in [5.74, 6) is 0.935. The maximum atomic E-state index is 12.2. The largest absolute Gasteiger partial charge is 0.427 e. The molecule has 1 aromatic rings. The number of carbonyl (C=O) groups excluding carboxylic acids is 1. The molecular weight excluding hydrogens is 294 g/mol. The summed E-state index contributed by atoms with van der Waals surface area (Å²) in [6.07, 6.45) is 3.60. The highest BCUT2D eigenvalue weighted by atomic mass is 16.6. The van der Waals surface area contributed by atoms with Crippen molar-refractivity contribution in [2.75, 3.05) is 0 Å². The summed E-state index contributed by atoms with van der Waals surface area (Å²) in [6.45, 7) is 6.41. The molecule has 124 valence electrons. The fraction of sp³-hybridized carbons (Fsp3) is 0.500. The van der Waals surface area contributed by atoms with E-state index in [0.717, 1.165) is 12.8 Å². The number of nitro benzene ring substituents is 1. The molecular formula is C18H23NO4. The standard InChI is InChI=1S/C18H23NO4/c1-12(2)17-9-4-13(3)10-14(17)11-18(20)23-16-7-5-15(6-8-16)19(21)22/h5-8,13-14H,4,9-11H2,1-3H3/t13-,14-/m0/s1. The molecule has 1 aliphatic carbocycles. The summed E-state index contributed by atoms with van der Waals surface area (Å²) < 4.78 is 5.33. The van der Waals surface area contributed by atoms with Crippen molar-refractivity contribution in [1.82, 2.24) is 0 Å². The number of ether oxygens (including phenoxy) is 1. The molecule has 0 aliphatic heterocycles. The van der Waals surface area contributed by atoms with Gasteiger partial charge in [0.25, 0.3) is 5.69 Å². The van der Waals surface area contributed by atoms with Gasteiger partial charge in [0.05, 0.1) is 11.3 Å². The molecule has 5 nitrogen and oxygen atoms in total. The number of benzene rings is 1. The van der Waals surface area contributed by atoms with Crippen LogP contribution in [-0.4, -0.2) is 10.9 Å². The first-order valence-electron chi connectivity index (χ1n) is 7.98. The average Bonchev–Trinajstić information content (AvgIpc) is 2.47. The minimum absolute atomic E-state index is 0.0160. The molecule has 0 spiro atoms. The highest BCUT2D eigenvalue weighted by Gasteiger charge is 2.27. The molecule has 0 saturated heterocycles. The van der Waals surface area contributed by atoms with Crippen LogP contribution >= 0.6 is 0 Å². The van der Waals surface area contributed by atoms with Crippen LogP contribution in [0, 0.1) is 22.0 Å². The van der Waals surface area contributed by atoms with E-state index in [-0.39, 0.29) is 17.6 Å². The first-order valence-corrected chi connectivity index (χ1v) is 7.98. The maximum Gasteiger partial charge on any atom is 0.311 e. The van der Waals surface area contributed by atoms with Crippen LogP contribution in [0.25, 0.3) is 0 Å². The highest BCUT2D eigenvalue weighted by molar-refractivity contribution is 5.73. The Balaban J connectivity index is 2.00. The molecule has 0 unspecified atom stereocenters. The van der Waals surface area contributed by atoms with Gasteiger partial charge in [-0.05, 0) is 57.1 Å². The van der Waals surface area contributed by atoms with Gasteiger partial charge in [0, 0.05) is 12.1 Å². The van der Waals surface area contributed by atoms with Crippen LogP contribution in [0.1, 0.15) is 46.5 Å². The fourth-order valence-electron chi connectivity index (χ4n) is 3.23. The number of nitrogens with zero attached hydrogens (tertiary/aromatic N) is 1. The van der Waals surface area contributed by atoms with Gasteiger partial charge in [-0.2, -0.15) is 0 Å². The van der Waals surface area contributed by atoms with Crippen molar-refractivity contribution in [3.8, 4) is 5.75 Å². The smallest absolute Gasteiger partial charge is 0.311 e. The summed E-state index contributed by atoms with van der Waals surface area (Å²) >= 11 is 0. The second-order valence-electron chi connectivity index (χ2n) is 6.53. The number of nitro groups is 1. The van der Waals surface area contributed by atoms with Crippen molar-refractivity contribution >= 4 is 11.7 Å². The topological polar surface area (TPSA) is 69.4 Å². The van der Waals surface area contributed by atoms with Gasteiger partial charge in [-0.1, -0.05) is 18.1 Å². The predicted molar refractivity (Wildman–Crippen MR) is 88.2 cm³/mol. The van der Waals surface area contributed by atoms with Gasteiger partial charge in [0.2, 0.25) is 0 Å². The Kier molecular flexibility index (Phi) is 5.53. The Bertz CT molecular complexity index is 614. The summed E-state index contributed by atoms with van der Waals surface area (Å²) in [5, 5.41) is 10.6. The third kappa shape index (κ3) is 4.65. The van der Waals surface area contributed by atoms with E-state index in [1.807, 2.05) is 0 Å². The molecule has 0 heterocycles. The van der Waals surface area contributed by atoms with Crippen LogP contribution < -0.4 is 4.74 Å². The van der Waals surface area contributed by atoms with E-state index in [4.69, 9.17) is 4.74 Å². The predicted octanol–water partition coefficient (Wildman–Crippen LogP) is 4.66. The van der Waals surface area contributed by atoms with E-state index >= 15 is 0 Å². The lowest BCUT2D eigenvalue weighted by atomic mass is 9.75.